The smallest absolute Gasteiger partial charge is 0.550 e. The molecule has 0 aromatic heterocycles. The molecular weight excluding hydrogens is 351 g/mol. The molecule has 0 fully saturated rings. The Morgan fingerprint density at radius 2 is 0.731 bits per heavy atom. The predicted octanol–water partition coefficient (Wildman–Crippen LogP) is 2.53. The van der Waals surface area contributed by atoms with Gasteiger partial charge in [-0.15, -0.1) is 0 Å². The maximum Gasteiger partial charge on any atom is 1.00 e. The monoisotopic (exact) mass is 394 g/mol. The summed E-state index contributed by atoms with van der Waals surface area (Å²) in [5.41, 5.74) is 0. The van der Waals surface area contributed by atoms with Crippen LogP contribution in [0.3, 0.4) is 0 Å². The van der Waals surface area contributed by atoms with Crippen LogP contribution in [0.1, 0.15) is 128 Å². The van der Waals surface area contributed by atoms with Gasteiger partial charge in [-0.25, -0.2) is 0 Å². The van der Waals surface area contributed by atoms with Gasteiger partial charge >= 0.3 is 51.4 Å². The second-order valence-corrected chi connectivity index (χ2v) is 7.56. The van der Waals surface area contributed by atoms with E-state index in [1.807, 2.05) is 0 Å². The second-order valence-electron chi connectivity index (χ2n) is 7.56. The van der Waals surface area contributed by atoms with Crippen LogP contribution in [-0.4, -0.2) is 17.7 Å². The van der Waals surface area contributed by atoms with E-state index in [1.165, 1.54) is 103 Å². The van der Waals surface area contributed by atoms with Crippen LogP contribution in [0.5, 0.6) is 0 Å². The van der Waals surface area contributed by atoms with Crippen LogP contribution in [0, 0.1) is 0 Å². The van der Waals surface area contributed by atoms with Crippen molar-refractivity contribution in [3.05, 3.63) is 0 Å². The summed E-state index contributed by atoms with van der Waals surface area (Å²) in [4.78, 5) is 10.3. The molecule has 0 aliphatic heterocycles. The maximum absolute atomic E-state index is 10.3. The summed E-state index contributed by atoms with van der Waals surface area (Å²) >= 11 is 0. The molecule has 3 nitrogen and oxygen atoms in total. The van der Waals surface area contributed by atoms with E-state index in [1.54, 1.807) is 0 Å². The summed E-state index contributed by atoms with van der Waals surface area (Å²) < 4.78 is 0. The van der Waals surface area contributed by atoms with Crippen LogP contribution in [-0.2, 0) is 4.79 Å². The van der Waals surface area contributed by atoms with Gasteiger partial charge in [-0.05, 0) is 19.3 Å². The molecule has 0 heterocycles. The van der Waals surface area contributed by atoms with Gasteiger partial charge in [-0.3, -0.25) is 0 Å². The normalized spacial score (nSPS) is 10.7. The Hall–Kier alpha value is 1.07. The summed E-state index contributed by atoms with van der Waals surface area (Å²) in [5.74, 6) is -0.908. The average molecular weight is 395 g/mol. The average Bonchev–Trinajstić information content (AvgIpc) is 2.60. The number of rotatable bonds is 21. The van der Waals surface area contributed by atoms with Crippen molar-refractivity contribution in [3.63, 3.8) is 0 Å². The zero-order valence-corrected chi connectivity index (χ0v) is 20.7. The van der Waals surface area contributed by atoms with E-state index in [0.717, 1.165) is 19.3 Å². The number of unbranched alkanes of at least 4 members (excludes halogenated alkanes) is 18. The molecule has 0 bridgehead atoms. The SMILES string of the molecule is O=C([O-])CCCCCCCCCCCCCCCCCCCCCO.[K+]. The van der Waals surface area contributed by atoms with Crippen LogP contribution < -0.4 is 56.5 Å². The quantitative estimate of drug-likeness (QED) is 0.240. The molecular formula is C22H43KO3. The fourth-order valence-corrected chi connectivity index (χ4v) is 3.39. The Morgan fingerprint density at radius 3 is 0.962 bits per heavy atom. The number of carbonyl (C=O) groups excluding carboxylic acids is 1. The molecule has 0 amide bonds. The van der Waals surface area contributed by atoms with Crippen molar-refractivity contribution in [1.29, 1.82) is 0 Å². The number of hydrogen-bond donors (Lipinski definition) is 1. The molecule has 0 unspecified atom stereocenters. The zero-order chi connectivity index (χ0) is 18.4. The van der Waals surface area contributed by atoms with Crippen molar-refractivity contribution in [1.82, 2.24) is 0 Å². The minimum Gasteiger partial charge on any atom is -0.550 e. The standard InChI is InChI=1S/C22H44O3.K/c23-21-19-17-15-13-11-9-7-5-3-1-2-4-6-8-10-12-14-16-18-20-22(24)25;/h23H,1-21H2,(H,24,25);/q;+1/p-1. The predicted molar refractivity (Wildman–Crippen MR) is 104 cm³/mol. The van der Waals surface area contributed by atoms with Gasteiger partial charge in [-0.2, -0.15) is 0 Å². The van der Waals surface area contributed by atoms with Crippen molar-refractivity contribution < 1.29 is 66.4 Å². The van der Waals surface area contributed by atoms with Crippen LogP contribution in [0.4, 0.5) is 0 Å². The Labute approximate surface area is 205 Å². The molecule has 1 N–H and O–H groups in total. The molecule has 0 aromatic rings. The molecule has 150 valence electrons. The van der Waals surface area contributed by atoms with Crippen molar-refractivity contribution in [3.8, 4) is 0 Å². The first-order chi connectivity index (χ1) is 12.3. The van der Waals surface area contributed by atoms with Crippen molar-refractivity contribution in [2.75, 3.05) is 6.61 Å². The summed E-state index contributed by atoms with van der Waals surface area (Å²) in [6.45, 7) is 0.354. The molecule has 0 aliphatic rings. The van der Waals surface area contributed by atoms with E-state index in [9.17, 15) is 9.90 Å². The Balaban J connectivity index is 0. The van der Waals surface area contributed by atoms with Gasteiger partial charge in [-0.1, -0.05) is 109 Å². The number of carbonyl (C=O) groups is 1. The Morgan fingerprint density at radius 1 is 0.500 bits per heavy atom. The first-order valence-corrected chi connectivity index (χ1v) is 11.1. The molecule has 0 rings (SSSR count). The molecule has 26 heavy (non-hydrogen) atoms. The molecule has 0 aliphatic carbocycles. The van der Waals surface area contributed by atoms with Gasteiger partial charge in [0.1, 0.15) is 0 Å². The van der Waals surface area contributed by atoms with Gasteiger partial charge < -0.3 is 15.0 Å². The number of carboxylic acid groups (broad SMARTS) is 1. The van der Waals surface area contributed by atoms with Crippen molar-refractivity contribution in [2.45, 2.75) is 128 Å². The number of carboxylic acids is 1. The fourth-order valence-electron chi connectivity index (χ4n) is 3.39. The Kier molecular flexibility index (Phi) is 29.3. The second kappa shape index (κ2) is 26.1. The van der Waals surface area contributed by atoms with E-state index in [2.05, 4.69) is 0 Å². The molecule has 0 saturated heterocycles. The van der Waals surface area contributed by atoms with E-state index < -0.39 is 5.97 Å². The van der Waals surface area contributed by atoms with Crippen LogP contribution >= 0.6 is 0 Å². The van der Waals surface area contributed by atoms with Gasteiger partial charge in [0.05, 0.1) is 0 Å². The van der Waals surface area contributed by atoms with Gasteiger partial charge in [0.2, 0.25) is 0 Å². The van der Waals surface area contributed by atoms with Crippen LogP contribution in [0.25, 0.3) is 0 Å². The number of aliphatic hydroxyl groups excluding tert-OH is 1. The van der Waals surface area contributed by atoms with E-state index in [0.29, 0.717) is 6.61 Å². The van der Waals surface area contributed by atoms with Gasteiger partial charge in [0, 0.05) is 12.6 Å². The summed E-state index contributed by atoms with van der Waals surface area (Å²) in [6, 6.07) is 0. The third-order valence-electron chi connectivity index (χ3n) is 5.04. The Bertz CT molecular complexity index is 272. The molecule has 0 spiro atoms. The summed E-state index contributed by atoms with van der Waals surface area (Å²) in [7, 11) is 0. The van der Waals surface area contributed by atoms with Crippen molar-refractivity contribution in [2.24, 2.45) is 0 Å². The number of hydrogen-bond acceptors (Lipinski definition) is 3. The van der Waals surface area contributed by atoms with Crippen LogP contribution in [0.15, 0.2) is 0 Å². The van der Waals surface area contributed by atoms with E-state index in [4.69, 9.17) is 5.11 Å². The van der Waals surface area contributed by atoms with E-state index >= 15 is 0 Å². The first kappa shape index (κ1) is 29.3. The molecule has 0 radical (unpaired) electrons. The minimum absolute atomic E-state index is 0. The van der Waals surface area contributed by atoms with Crippen LogP contribution in [0.2, 0.25) is 0 Å². The third kappa shape index (κ3) is 27.3. The fraction of sp³-hybridized carbons (Fsp3) is 0.955. The van der Waals surface area contributed by atoms with E-state index in [-0.39, 0.29) is 57.8 Å². The molecule has 4 heteroatoms. The third-order valence-corrected chi connectivity index (χ3v) is 5.04. The maximum atomic E-state index is 10.3. The molecule has 0 aromatic carbocycles. The number of aliphatic carboxylic acids is 1. The van der Waals surface area contributed by atoms with Gasteiger partial charge in [0.15, 0.2) is 0 Å². The molecule has 0 saturated carbocycles. The zero-order valence-electron chi connectivity index (χ0n) is 17.6. The topological polar surface area (TPSA) is 60.4 Å². The summed E-state index contributed by atoms with van der Waals surface area (Å²) in [6.07, 6.45) is 24.5. The minimum atomic E-state index is -0.908. The first-order valence-electron chi connectivity index (χ1n) is 11.1. The summed E-state index contributed by atoms with van der Waals surface area (Å²) in [5, 5.41) is 19.0. The molecule has 0 atom stereocenters. The number of aliphatic hydroxyl groups is 1. The van der Waals surface area contributed by atoms with Crippen molar-refractivity contribution >= 4 is 5.97 Å². The van der Waals surface area contributed by atoms with Gasteiger partial charge in [0.25, 0.3) is 0 Å². The largest absolute Gasteiger partial charge is 1.00 e.